The molecule has 0 aliphatic heterocycles. The molecule has 4 rings (SSSR count). The molecule has 1 atom stereocenters. The lowest BCUT2D eigenvalue weighted by Gasteiger charge is -2.33. The third kappa shape index (κ3) is 6.95. The number of benzene rings is 3. The van der Waals surface area contributed by atoms with Gasteiger partial charge in [0.05, 0.1) is 6.42 Å². The van der Waals surface area contributed by atoms with E-state index in [9.17, 15) is 9.59 Å². The van der Waals surface area contributed by atoms with Crippen molar-refractivity contribution in [2.24, 2.45) is 0 Å². The molecule has 2 amide bonds. The normalized spacial score (nSPS) is 14.5. The Morgan fingerprint density at radius 2 is 1.57 bits per heavy atom. The quantitative estimate of drug-likeness (QED) is 0.408. The molecule has 35 heavy (non-hydrogen) atoms. The molecule has 0 unspecified atom stereocenters. The lowest BCUT2D eigenvalue weighted by Crippen LogP contribution is -2.52. The van der Waals surface area contributed by atoms with Crippen molar-refractivity contribution >= 4 is 23.4 Å². The minimum Gasteiger partial charge on any atom is -0.352 e. The molecule has 0 spiro atoms. The highest BCUT2D eigenvalue weighted by atomic mass is 35.5. The van der Waals surface area contributed by atoms with Gasteiger partial charge >= 0.3 is 0 Å². The molecule has 1 aliphatic rings. The Kier molecular flexibility index (Phi) is 8.59. The first-order valence-electron chi connectivity index (χ1n) is 12.4. The third-order valence-electron chi connectivity index (χ3n) is 6.84. The Balaban J connectivity index is 1.66. The Hall–Kier alpha value is -3.11. The third-order valence-corrected chi connectivity index (χ3v) is 7.10. The van der Waals surface area contributed by atoms with Crippen LogP contribution in [0.25, 0.3) is 0 Å². The Morgan fingerprint density at radius 3 is 2.26 bits per heavy atom. The van der Waals surface area contributed by atoms with Gasteiger partial charge in [-0.3, -0.25) is 9.59 Å². The maximum Gasteiger partial charge on any atom is 0.243 e. The summed E-state index contributed by atoms with van der Waals surface area (Å²) in [5.41, 5.74) is 4.06. The highest BCUT2D eigenvalue weighted by molar-refractivity contribution is 6.30. The zero-order valence-electron chi connectivity index (χ0n) is 20.3. The minimum absolute atomic E-state index is 0.0706. The number of hydrogen-bond donors (Lipinski definition) is 1. The first-order valence-corrected chi connectivity index (χ1v) is 12.8. The molecule has 0 heterocycles. The first kappa shape index (κ1) is 25.0. The van der Waals surface area contributed by atoms with Crippen molar-refractivity contribution in [3.05, 3.63) is 106 Å². The van der Waals surface area contributed by atoms with Crippen LogP contribution >= 0.6 is 11.6 Å². The van der Waals surface area contributed by atoms with Gasteiger partial charge in [0.1, 0.15) is 6.04 Å². The van der Waals surface area contributed by atoms with Crippen LogP contribution in [0.15, 0.2) is 78.9 Å². The van der Waals surface area contributed by atoms with Crippen molar-refractivity contribution in [3.63, 3.8) is 0 Å². The number of rotatable bonds is 9. The number of amides is 2. The van der Waals surface area contributed by atoms with Gasteiger partial charge in [-0.2, -0.15) is 0 Å². The number of halogens is 1. The second-order valence-corrected chi connectivity index (χ2v) is 9.88. The molecular weight excluding hydrogens is 456 g/mol. The number of hydrogen-bond acceptors (Lipinski definition) is 2. The molecule has 4 nitrogen and oxygen atoms in total. The largest absolute Gasteiger partial charge is 0.352 e. The molecule has 5 heteroatoms. The maximum atomic E-state index is 13.8. The summed E-state index contributed by atoms with van der Waals surface area (Å²) in [6, 6.07) is 24.9. The summed E-state index contributed by atoms with van der Waals surface area (Å²) in [5, 5.41) is 3.89. The van der Waals surface area contributed by atoms with Crippen LogP contribution in [0, 0.1) is 6.92 Å². The predicted octanol–water partition coefficient (Wildman–Crippen LogP) is 5.89. The van der Waals surface area contributed by atoms with E-state index in [-0.39, 0.29) is 24.3 Å². The summed E-state index contributed by atoms with van der Waals surface area (Å²) < 4.78 is 0. The highest BCUT2D eigenvalue weighted by Gasteiger charge is 2.32. The predicted molar refractivity (Wildman–Crippen MR) is 141 cm³/mol. The van der Waals surface area contributed by atoms with Crippen LogP contribution in [0.2, 0.25) is 5.02 Å². The van der Waals surface area contributed by atoms with Crippen LogP contribution in [0.4, 0.5) is 0 Å². The lowest BCUT2D eigenvalue weighted by atomic mass is 10.00. The van der Waals surface area contributed by atoms with Gasteiger partial charge in [-0.15, -0.1) is 0 Å². The number of aryl methyl sites for hydroxylation is 1. The molecule has 1 fully saturated rings. The van der Waals surface area contributed by atoms with Gasteiger partial charge in [0.25, 0.3) is 0 Å². The number of nitrogens with one attached hydrogen (secondary N) is 1. The van der Waals surface area contributed by atoms with E-state index in [0.29, 0.717) is 18.0 Å². The monoisotopic (exact) mass is 488 g/mol. The molecule has 1 saturated carbocycles. The van der Waals surface area contributed by atoms with E-state index in [4.69, 9.17) is 11.6 Å². The molecular formula is C30H33ClN2O2. The lowest BCUT2D eigenvalue weighted by molar-refractivity contribution is -0.141. The molecule has 1 N–H and O–H groups in total. The Labute approximate surface area is 213 Å². The summed E-state index contributed by atoms with van der Waals surface area (Å²) in [6.45, 7) is 2.43. The van der Waals surface area contributed by atoms with E-state index in [1.54, 1.807) is 17.0 Å². The smallest absolute Gasteiger partial charge is 0.243 e. The van der Waals surface area contributed by atoms with E-state index in [2.05, 4.69) is 5.32 Å². The molecule has 3 aromatic rings. The van der Waals surface area contributed by atoms with Crippen LogP contribution in [0.3, 0.4) is 0 Å². The first-order chi connectivity index (χ1) is 17.0. The van der Waals surface area contributed by atoms with Gasteiger partial charge < -0.3 is 10.2 Å². The van der Waals surface area contributed by atoms with Crippen molar-refractivity contribution in [1.29, 1.82) is 0 Å². The van der Waals surface area contributed by atoms with Crippen molar-refractivity contribution in [2.45, 2.75) is 64.1 Å². The highest BCUT2D eigenvalue weighted by Crippen LogP contribution is 2.21. The molecule has 1 aliphatic carbocycles. The number of nitrogens with zero attached hydrogens (tertiary/aromatic N) is 1. The second-order valence-electron chi connectivity index (χ2n) is 9.45. The van der Waals surface area contributed by atoms with Crippen LogP contribution in [0.1, 0.15) is 47.9 Å². The minimum atomic E-state index is -0.600. The summed E-state index contributed by atoms with van der Waals surface area (Å²) in [5.74, 6) is -0.142. The average molecular weight is 489 g/mol. The molecule has 0 radical (unpaired) electrons. The average Bonchev–Trinajstić information content (AvgIpc) is 3.37. The molecule has 3 aromatic carbocycles. The number of carbonyl (C=O) groups excluding carboxylic acids is 2. The van der Waals surface area contributed by atoms with Gasteiger partial charge in [-0.1, -0.05) is 91.2 Å². The van der Waals surface area contributed by atoms with Crippen molar-refractivity contribution < 1.29 is 9.59 Å². The SMILES string of the molecule is Cc1ccccc1CN(C(=O)Cc1ccc(Cl)cc1)[C@H](Cc1ccccc1)C(=O)NC1CCCC1. The van der Waals surface area contributed by atoms with Gasteiger partial charge in [-0.05, 0) is 54.2 Å². The van der Waals surface area contributed by atoms with Crippen molar-refractivity contribution in [2.75, 3.05) is 0 Å². The van der Waals surface area contributed by atoms with Crippen LogP contribution in [0.5, 0.6) is 0 Å². The molecule has 0 aromatic heterocycles. The van der Waals surface area contributed by atoms with E-state index < -0.39 is 6.04 Å². The fourth-order valence-electron chi connectivity index (χ4n) is 4.77. The summed E-state index contributed by atoms with van der Waals surface area (Å²) >= 11 is 6.05. The van der Waals surface area contributed by atoms with Crippen molar-refractivity contribution in [1.82, 2.24) is 10.2 Å². The molecule has 182 valence electrons. The topological polar surface area (TPSA) is 49.4 Å². The summed E-state index contributed by atoms with van der Waals surface area (Å²) in [4.78, 5) is 29.3. The van der Waals surface area contributed by atoms with E-state index in [0.717, 1.165) is 47.9 Å². The zero-order valence-corrected chi connectivity index (χ0v) is 21.0. The van der Waals surface area contributed by atoms with E-state index >= 15 is 0 Å². The van der Waals surface area contributed by atoms with Gasteiger partial charge in [-0.25, -0.2) is 0 Å². The van der Waals surface area contributed by atoms with E-state index in [1.165, 1.54) is 0 Å². The van der Waals surface area contributed by atoms with Crippen LogP contribution in [-0.4, -0.2) is 28.8 Å². The van der Waals surface area contributed by atoms with Gasteiger partial charge in [0.15, 0.2) is 0 Å². The number of carbonyl (C=O) groups is 2. The fourth-order valence-corrected chi connectivity index (χ4v) is 4.90. The van der Waals surface area contributed by atoms with Crippen LogP contribution < -0.4 is 5.32 Å². The Bertz CT molecular complexity index is 1120. The zero-order chi connectivity index (χ0) is 24.6. The van der Waals surface area contributed by atoms with Gasteiger partial charge in [0.2, 0.25) is 11.8 Å². The molecule has 0 bridgehead atoms. The molecule has 0 saturated heterocycles. The second kappa shape index (κ2) is 12.0. The standard InChI is InChI=1S/C30H33ClN2O2/c1-22-9-5-6-12-25(22)21-33(29(34)20-24-15-17-26(31)18-16-24)28(19-23-10-3-2-4-11-23)30(35)32-27-13-7-8-14-27/h2-6,9-12,15-18,27-28H,7-8,13-14,19-21H2,1H3,(H,32,35)/t28-/m1/s1. The van der Waals surface area contributed by atoms with Crippen molar-refractivity contribution in [3.8, 4) is 0 Å². The summed E-state index contributed by atoms with van der Waals surface area (Å²) in [6.07, 6.45) is 4.96. The van der Waals surface area contributed by atoms with E-state index in [1.807, 2.05) is 73.7 Å². The summed E-state index contributed by atoms with van der Waals surface area (Å²) in [7, 11) is 0. The Morgan fingerprint density at radius 1 is 0.914 bits per heavy atom. The van der Waals surface area contributed by atoms with Gasteiger partial charge in [0, 0.05) is 24.0 Å². The fraction of sp³-hybridized carbons (Fsp3) is 0.333. The maximum absolute atomic E-state index is 13.8. The van der Waals surface area contributed by atoms with Crippen LogP contribution in [-0.2, 0) is 29.0 Å².